The molecule has 2 aliphatic carbocycles. The van der Waals surface area contributed by atoms with Gasteiger partial charge in [0.2, 0.25) is 0 Å². The Kier molecular flexibility index (Phi) is 3.04. The van der Waals surface area contributed by atoms with Gasteiger partial charge in [0.1, 0.15) is 5.75 Å². The average molecular weight is 318 g/mol. The van der Waals surface area contributed by atoms with Gasteiger partial charge in [-0.15, -0.1) is 0 Å². The van der Waals surface area contributed by atoms with Gasteiger partial charge < -0.3 is 9.64 Å². The number of likely N-dealkylation sites (tertiary alicyclic amines) is 1. The first-order valence-electron chi connectivity index (χ1n) is 8.90. The lowest BCUT2D eigenvalue weighted by Crippen LogP contribution is -2.49. The van der Waals surface area contributed by atoms with Gasteiger partial charge in [0.05, 0.1) is 6.61 Å². The van der Waals surface area contributed by atoms with Crippen molar-refractivity contribution in [2.75, 3.05) is 19.7 Å². The molecule has 5 rings (SSSR count). The van der Waals surface area contributed by atoms with Crippen molar-refractivity contribution in [3.8, 4) is 5.75 Å². The molecule has 0 aromatic heterocycles. The fourth-order valence-electron chi connectivity index (χ4n) is 5.69. The van der Waals surface area contributed by atoms with Crippen molar-refractivity contribution < 1.29 is 4.74 Å². The largest absolute Gasteiger partial charge is 0.492 e. The van der Waals surface area contributed by atoms with Crippen LogP contribution >= 0.6 is 11.6 Å². The molecule has 3 heteroatoms. The zero-order valence-corrected chi connectivity index (χ0v) is 13.8. The summed E-state index contributed by atoms with van der Waals surface area (Å²) in [7, 11) is 0. The van der Waals surface area contributed by atoms with Gasteiger partial charge in [0, 0.05) is 22.0 Å². The topological polar surface area (TPSA) is 12.5 Å². The standard InChI is InChI=1S/C19H24ClNO/c20-15-3-4-18-16(11-15)19(12-22-18)5-7-21(8-6-19)17-10-13-1-2-14(17)9-13/h3-4,11,13-14,17H,1-2,5-10,12H2. The van der Waals surface area contributed by atoms with Crippen LogP contribution in [-0.2, 0) is 5.41 Å². The van der Waals surface area contributed by atoms with Crippen molar-refractivity contribution >= 4 is 11.6 Å². The van der Waals surface area contributed by atoms with E-state index < -0.39 is 0 Å². The van der Waals surface area contributed by atoms with E-state index in [1.807, 2.05) is 6.07 Å². The van der Waals surface area contributed by atoms with Crippen LogP contribution in [0.15, 0.2) is 18.2 Å². The molecule has 22 heavy (non-hydrogen) atoms. The number of halogens is 1. The van der Waals surface area contributed by atoms with Gasteiger partial charge in [-0.25, -0.2) is 0 Å². The summed E-state index contributed by atoms with van der Waals surface area (Å²) in [5.41, 5.74) is 1.60. The molecule has 118 valence electrons. The molecule has 1 aromatic rings. The Balaban J connectivity index is 1.34. The molecule has 3 unspecified atom stereocenters. The number of hydrogen-bond donors (Lipinski definition) is 0. The van der Waals surface area contributed by atoms with Crippen molar-refractivity contribution in [3.05, 3.63) is 28.8 Å². The normalized spacial score (nSPS) is 35.8. The first kappa shape index (κ1) is 13.7. The number of hydrogen-bond acceptors (Lipinski definition) is 2. The molecule has 1 saturated heterocycles. The maximum Gasteiger partial charge on any atom is 0.123 e. The van der Waals surface area contributed by atoms with Crippen molar-refractivity contribution in [2.45, 2.75) is 50.0 Å². The van der Waals surface area contributed by atoms with E-state index >= 15 is 0 Å². The third-order valence-electron chi connectivity index (χ3n) is 6.94. The first-order chi connectivity index (χ1) is 10.7. The Morgan fingerprint density at radius 1 is 1.14 bits per heavy atom. The molecule has 3 atom stereocenters. The summed E-state index contributed by atoms with van der Waals surface area (Å²) in [4.78, 5) is 2.80. The summed E-state index contributed by atoms with van der Waals surface area (Å²) >= 11 is 6.23. The lowest BCUT2D eigenvalue weighted by Gasteiger charge is -2.43. The van der Waals surface area contributed by atoms with Crippen molar-refractivity contribution in [3.63, 3.8) is 0 Å². The zero-order valence-electron chi connectivity index (χ0n) is 13.1. The van der Waals surface area contributed by atoms with Crippen LogP contribution in [0.3, 0.4) is 0 Å². The van der Waals surface area contributed by atoms with E-state index in [4.69, 9.17) is 16.3 Å². The van der Waals surface area contributed by atoms with Crippen LogP contribution in [0.5, 0.6) is 5.75 Å². The summed E-state index contributed by atoms with van der Waals surface area (Å²) < 4.78 is 5.98. The molecule has 1 aromatic carbocycles. The Bertz CT molecular complexity index is 593. The number of benzene rings is 1. The minimum Gasteiger partial charge on any atom is -0.492 e. The minimum absolute atomic E-state index is 0.231. The Morgan fingerprint density at radius 3 is 2.73 bits per heavy atom. The second kappa shape index (κ2) is 4.88. The van der Waals surface area contributed by atoms with Crippen LogP contribution in [0.2, 0.25) is 5.02 Å². The second-order valence-corrected chi connectivity index (χ2v) is 8.42. The van der Waals surface area contributed by atoms with E-state index in [2.05, 4.69) is 17.0 Å². The molecule has 2 nitrogen and oxygen atoms in total. The number of rotatable bonds is 1. The molecule has 4 aliphatic rings. The highest BCUT2D eigenvalue weighted by atomic mass is 35.5. The molecule has 2 heterocycles. The predicted octanol–water partition coefficient (Wildman–Crippen LogP) is 4.25. The lowest BCUT2D eigenvalue weighted by molar-refractivity contribution is 0.0747. The van der Waals surface area contributed by atoms with Crippen LogP contribution in [0.25, 0.3) is 0 Å². The summed E-state index contributed by atoms with van der Waals surface area (Å²) in [6.07, 6.45) is 8.42. The van der Waals surface area contributed by atoms with Gasteiger partial charge in [-0.1, -0.05) is 18.0 Å². The Morgan fingerprint density at radius 2 is 2.00 bits per heavy atom. The molecule has 1 spiro atoms. The number of ether oxygens (including phenoxy) is 1. The van der Waals surface area contributed by atoms with Gasteiger partial charge in [0.25, 0.3) is 0 Å². The average Bonchev–Trinajstić information content (AvgIpc) is 3.24. The zero-order chi connectivity index (χ0) is 14.7. The van der Waals surface area contributed by atoms with E-state index in [9.17, 15) is 0 Å². The fourth-order valence-corrected chi connectivity index (χ4v) is 5.86. The van der Waals surface area contributed by atoms with Crippen LogP contribution < -0.4 is 4.74 Å². The van der Waals surface area contributed by atoms with Crippen LogP contribution in [0, 0.1) is 11.8 Å². The van der Waals surface area contributed by atoms with Crippen LogP contribution in [0.4, 0.5) is 0 Å². The van der Waals surface area contributed by atoms with Crippen LogP contribution in [-0.4, -0.2) is 30.6 Å². The Labute approximate surface area is 137 Å². The highest BCUT2D eigenvalue weighted by Crippen LogP contribution is 2.50. The molecule has 2 saturated carbocycles. The van der Waals surface area contributed by atoms with Crippen molar-refractivity contribution in [1.29, 1.82) is 0 Å². The monoisotopic (exact) mass is 317 g/mol. The lowest BCUT2D eigenvalue weighted by atomic mass is 9.74. The molecule has 2 bridgehead atoms. The van der Waals surface area contributed by atoms with Gasteiger partial charge >= 0.3 is 0 Å². The number of piperidine rings is 1. The quantitative estimate of drug-likeness (QED) is 0.767. The summed E-state index contributed by atoms with van der Waals surface area (Å²) in [6, 6.07) is 7.03. The summed E-state index contributed by atoms with van der Waals surface area (Å²) in [5.74, 6) is 3.11. The molecule has 0 radical (unpaired) electrons. The van der Waals surface area contributed by atoms with E-state index in [0.29, 0.717) is 0 Å². The maximum absolute atomic E-state index is 6.23. The predicted molar refractivity (Wildman–Crippen MR) is 88.7 cm³/mol. The number of nitrogens with zero attached hydrogens (tertiary/aromatic N) is 1. The molecule has 2 aliphatic heterocycles. The molecule has 3 fully saturated rings. The van der Waals surface area contributed by atoms with E-state index in [1.54, 1.807) is 0 Å². The van der Waals surface area contributed by atoms with Crippen molar-refractivity contribution in [1.82, 2.24) is 4.90 Å². The van der Waals surface area contributed by atoms with Gasteiger partial charge in [-0.05, 0) is 75.2 Å². The second-order valence-electron chi connectivity index (χ2n) is 7.99. The summed E-state index contributed by atoms with van der Waals surface area (Å²) in [6.45, 7) is 3.33. The van der Waals surface area contributed by atoms with Gasteiger partial charge in [0.15, 0.2) is 0 Å². The molecular formula is C19H24ClNO. The Hall–Kier alpha value is -0.730. The minimum atomic E-state index is 0.231. The van der Waals surface area contributed by atoms with Crippen molar-refractivity contribution in [2.24, 2.45) is 11.8 Å². The molecule has 0 N–H and O–H groups in total. The van der Waals surface area contributed by atoms with Crippen LogP contribution in [0.1, 0.15) is 44.1 Å². The molecule has 0 amide bonds. The highest BCUT2D eigenvalue weighted by Gasteiger charge is 2.47. The first-order valence-corrected chi connectivity index (χ1v) is 9.28. The van der Waals surface area contributed by atoms with E-state index in [-0.39, 0.29) is 5.41 Å². The van der Waals surface area contributed by atoms with E-state index in [1.165, 1.54) is 57.2 Å². The van der Waals surface area contributed by atoms with Gasteiger partial charge in [-0.3, -0.25) is 0 Å². The third-order valence-corrected chi connectivity index (χ3v) is 7.18. The highest BCUT2D eigenvalue weighted by molar-refractivity contribution is 6.30. The maximum atomic E-state index is 6.23. The molecular weight excluding hydrogens is 294 g/mol. The number of fused-ring (bicyclic) bond motifs is 4. The smallest absolute Gasteiger partial charge is 0.123 e. The third kappa shape index (κ3) is 1.96. The SMILES string of the molecule is Clc1ccc2c(c1)C1(CCN(C3CC4CCC3C4)CC1)CO2. The summed E-state index contributed by atoms with van der Waals surface area (Å²) in [5, 5.41) is 0.846. The fraction of sp³-hybridized carbons (Fsp3) is 0.684. The van der Waals surface area contributed by atoms with E-state index in [0.717, 1.165) is 35.3 Å². The van der Waals surface area contributed by atoms with Gasteiger partial charge in [-0.2, -0.15) is 0 Å².